The van der Waals surface area contributed by atoms with E-state index in [0.29, 0.717) is 26.2 Å². The van der Waals surface area contributed by atoms with Gasteiger partial charge in [0.2, 0.25) is 5.91 Å². The number of benzene rings is 1. The molecule has 0 N–H and O–H groups in total. The van der Waals surface area contributed by atoms with Gasteiger partial charge >= 0.3 is 0 Å². The third-order valence-corrected chi connectivity index (χ3v) is 5.87. The minimum Gasteiger partial charge on any atom is -0.377 e. The lowest BCUT2D eigenvalue weighted by molar-refractivity contribution is -0.135. The molecule has 5 nitrogen and oxygen atoms in total. The van der Waals surface area contributed by atoms with Crippen molar-refractivity contribution in [3.8, 4) is 0 Å². The Hall–Kier alpha value is -1.79. The molecule has 4 rings (SSSR count). The number of fused-ring (bicyclic) bond motifs is 2. The van der Waals surface area contributed by atoms with Crippen LogP contribution < -0.4 is 0 Å². The first-order valence-corrected chi connectivity index (χ1v) is 8.70. The summed E-state index contributed by atoms with van der Waals surface area (Å²) in [6.07, 6.45) is 0.537. The molecule has 1 aromatic carbocycles. The zero-order valence-electron chi connectivity index (χ0n) is 12.9. The van der Waals surface area contributed by atoms with E-state index in [4.69, 9.17) is 4.74 Å². The SMILES string of the molecule is CC(=O)[C@@H]1[C@H](Cc2nc3ccccc3s2)C(=O)N2CCOC[C@@H]12. The number of morpholine rings is 1. The van der Waals surface area contributed by atoms with E-state index >= 15 is 0 Å². The van der Waals surface area contributed by atoms with Gasteiger partial charge in [-0.3, -0.25) is 9.59 Å². The lowest BCUT2D eigenvalue weighted by Gasteiger charge is -2.31. The second kappa shape index (κ2) is 5.69. The van der Waals surface area contributed by atoms with Crippen molar-refractivity contribution in [1.29, 1.82) is 0 Å². The van der Waals surface area contributed by atoms with Crippen molar-refractivity contribution in [1.82, 2.24) is 9.88 Å². The molecule has 3 atom stereocenters. The minimum absolute atomic E-state index is 0.0717. The van der Waals surface area contributed by atoms with Crippen molar-refractivity contribution in [3.63, 3.8) is 0 Å². The van der Waals surface area contributed by atoms with Crippen LogP contribution in [0.1, 0.15) is 11.9 Å². The molecule has 1 aromatic heterocycles. The molecule has 6 heteroatoms. The molecule has 0 unspecified atom stereocenters. The van der Waals surface area contributed by atoms with E-state index < -0.39 is 0 Å². The van der Waals surface area contributed by atoms with Gasteiger partial charge in [-0.2, -0.15) is 0 Å². The third kappa shape index (κ3) is 2.46. The second-order valence-electron chi connectivity index (χ2n) is 6.20. The molecular weight excluding hydrogens is 312 g/mol. The summed E-state index contributed by atoms with van der Waals surface area (Å²) in [6, 6.07) is 7.86. The van der Waals surface area contributed by atoms with Gasteiger partial charge < -0.3 is 9.64 Å². The first-order valence-electron chi connectivity index (χ1n) is 7.88. The summed E-state index contributed by atoms with van der Waals surface area (Å²) >= 11 is 1.61. The van der Waals surface area contributed by atoms with Crippen LogP contribution in [-0.2, 0) is 20.7 Å². The van der Waals surface area contributed by atoms with Gasteiger partial charge in [0, 0.05) is 13.0 Å². The second-order valence-corrected chi connectivity index (χ2v) is 7.31. The Morgan fingerprint density at radius 3 is 3.04 bits per heavy atom. The highest BCUT2D eigenvalue weighted by atomic mass is 32.1. The number of hydrogen-bond donors (Lipinski definition) is 0. The predicted octanol–water partition coefficient (Wildman–Crippen LogP) is 1.90. The van der Waals surface area contributed by atoms with E-state index in [1.165, 1.54) is 0 Å². The lowest BCUT2D eigenvalue weighted by Crippen LogP contribution is -2.46. The molecule has 2 aliphatic heterocycles. The maximum Gasteiger partial charge on any atom is 0.227 e. The number of carbonyl (C=O) groups excluding carboxylic acids is 2. The Labute approximate surface area is 138 Å². The summed E-state index contributed by atoms with van der Waals surface area (Å²) in [5, 5.41) is 0.927. The Morgan fingerprint density at radius 2 is 2.26 bits per heavy atom. The fourth-order valence-corrected chi connectivity index (χ4v) is 4.82. The van der Waals surface area contributed by atoms with Crippen LogP contribution in [0.15, 0.2) is 24.3 Å². The number of thiazole rings is 1. The number of nitrogens with zero attached hydrogens (tertiary/aromatic N) is 2. The van der Waals surface area contributed by atoms with E-state index in [9.17, 15) is 9.59 Å². The van der Waals surface area contributed by atoms with Crippen molar-refractivity contribution >= 4 is 33.2 Å². The number of aromatic nitrogens is 1. The minimum atomic E-state index is -0.306. The normalized spacial score (nSPS) is 27.4. The van der Waals surface area contributed by atoms with E-state index in [-0.39, 0.29) is 29.6 Å². The molecule has 2 aliphatic rings. The third-order valence-electron chi connectivity index (χ3n) is 4.82. The number of amides is 1. The van der Waals surface area contributed by atoms with Crippen LogP contribution in [0.2, 0.25) is 0 Å². The van der Waals surface area contributed by atoms with Crippen LogP contribution in [0.5, 0.6) is 0 Å². The average molecular weight is 330 g/mol. The first kappa shape index (κ1) is 14.8. The van der Waals surface area contributed by atoms with Crippen LogP contribution in [0.4, 0.5) is 0 Å². The topological polar surface area (TPSA) is 59.5 Å². The van der Waals surface area contributed by atoms with Crippen molar-refractivity contribution in [2.45, 2.75) is 19.4 Å². The smallest absolute Gasteiger partial charge is 0.227 e. The average Bonchev–Trinajstić information content (AvgIpc) is 3.07. The lowest BCUT2D eigenvalue weighted by atomic mass is 9.85. The molecule has 23 heavy (non-hydrogen) atoms. The summed E-state index contributed by atoms with van der Waals surface area (Å²) in [5.74, 6) is -0.435. The van der Waals surface area contributed by atoms with Gasteiger partial charge in [-0.15, -0.1) is 11.3 Å². The summed E-state index contributed by atoms with van der Waals surface area (Å²) < 4.78 is 6.62. The van der Waals surface area contributed by atoms with Crippen LogP contribution in [0.25, 0.3) is 10.2 Å². The molecule has 0 spiro atoms. The fourth-order valence-electron chi connectivity index (χ4n) is 3.79. The van der Waals surface area contributed by atoms with E-state index in [1.54, 1.807) is 18.3 Å². The molecule has 2 fully saturated rings. The van der Waals surface area contributed by atoms with Gasteiger partial charge in [0.1, 0.15) is 5.78 Å². The summed E-state index contributed by atoms with van der Waals surface area (Å²) in [4.78, 5) is 31.4. The highest BCUT2D eigenvalue weighted by Crippen LogP contribution is 2.37. The molecule has 1 amide bonds. The van der Waals surface area contributed by atoms with Crippen molar-refractivity contribution in [2.75, 3.05) is 19.8 Å². The Kier molecular flexibility index (Phi) is 3.66. The van der Waals surface area contributed by atoms with Crippen LogP contribution >= 0.6 is 11.3 Å². The fraction of sp³-hybridized carbons (Fsp3) is 0.471. The quantitative estimate of drug-likeness (QED) is 0.862. The van der Waals surface area contributed by atoms with Gasteiger partial charge in [-0.25, -0.2) is 4.98 Å². The zero-order valence-corrected chi connectivity index (χ0v) is 13.7. The predicted molar refractivity (Wildman–Crippen MR) is 87.3 cm³/mol. The molecule has 120 valence electrons. The standard InChI is InChI=1S/C17H18N2O3S/c1-10(20)16-11(17(21)19-6-7-22-9-13(16)19)8-15-18-12-4-2-3-5-14(12)23-15/h2-5,11,13,16H,6-9H2,1H3/t11-,13-,16+/m0/s1. The van der Waals surface area contributed by atoms with Gasteiger partial charge in [0.15, 0.2) is 0 Å². The number of ketones is 1. The molecule has 3 heterocycles. The molecule has 0 aliphatic carbocycles. The first-order chi connectivity index (χ1) is 11.1. The number of rotatable bonds is 3. The van der Waals surface area contributed by atoms with E-state index in [2.05, 4.69) is 4.98 Å². The molecular formula is C17H18N2O3S. The van der Waals surface area contributed by atoms with Crippen LogP contribution in [0.3, 0.4) is 0 Å². The van der Waals surface area contributed by atoms with Gasteiger partial charge in [-0.1, -0.05) is 12.1 Å². The van der Waals surface area contributed by atoms with E-state index in [1.807, 2.05) is 29.2 Å². The van der Waals surface area contributed by atoms with Gasteiger partial charge in [0.05, 0.1) is 46.3 Å². The van der Waals surface area contributed by atoms with Crippen molar-refractivity contribution in [2.24, 2.45) is 11.8 Å². The highest BCUT2D eigenvalue weighted by Gasteiger charge is 2.51. The molecule has 0 saturated carbocycles. The Balaban J connectivity index is 1.65. The number of hydrogen-bond acceptors (Lipinski definition) is 5. The monoisotopic (exact) mass is 330 g/mol. The van der Waals surface area contributed by atoms with Gasteiger partial charge in [-0.05, 0) is 19.1 Å². The zero-order chi connectivity index (χ0) is 16.0. The number of para-hydroxylation sites is 1. The highest BCUT2D eigenvalue weighted by molar-refractivity contribution is 7.18. The van der Waals surface area contributed by atoms with Crippen molar-refractivity contribution in [3.05, 3.63) is 29.3 Å². The Morgan fingerprint density at radius 1 is 1.43 bits per heavy atom. The Bertz CT molecular complexity index is 739. The largest absolute Gasteiger partial charge is 0.377 e. The van der Waals surface area contributed by atoms with Gasteiger partial charge in [0.25, 0.3) is 0 Å². The van der Waals surface area contributed by atoms with Crippen molar-refractivity contribution < 1.29 is 14.3 Å². The van der Waals surface area contributed by atoms with E-state index in [0.717, 1.165) is 15.2 Å². The maximum atomic E-state index is 12.8. The molecule has 2 aromatic rings. The van der Waals surface area contributed by atoms with Crippen LogP contribution in [0, 0.1) is 11.8 Å². The maximum absolute atomic E-state index is 12.8. The number of carbonyl (C=O) groups is 2. The summed E-state index contributed by atoms with van der Waals surface area (Å²) in [6.45, 7) is 3.19. The number of Topliss-reactive ketones (excluding diaryl/α,β-unsaturated/α-hetero) is 1. The van der Waals surface area contributed by atoms with Crippen LogP contribution in [-0.4, -0.2) is 47.4 Å². The molecule has 0 radical (unpaired) electrons. The molecule has 0 bridgehead atoms. The number of ether oxygens (including phenoxy) is 1. The summed E-state index contributed by atoms with van der Waals surface area (Å²) in [7, 11) is 0. The molecule has 2 saturated heterocycles. The summed E-state index contributed by atoms with van der Waals surface area (Å²) in [5.41, 5.74) is 0.957.